The second-order valence-electron chi connectivity index (χ2n) is 5.90. The summed E-state index contributed by atoms with van der Waals surface area (Å²) in [6, 6.07) is 9.47. The molecule has 0 aromatic heterocycles. The van der Waals surface area contributed by atoms with Crippen LogP contribution in [0.15, 0.2) is 30.3 Å². The lowest BCUT2D eigenvalue weighted by molar-refractivity contribution is 0.0979. The molecular formula is C16H22N2O3. The molecule has 3 rings (SSSR count). The van der Waals surface area contributed by atoms with Gasteiger partial charge in [-0.25, -0.2) is 4.79 Å². The van der Waals surface area contributed by atoms with Gasteiger partial charge in [0.15, 0.2) is 0 Å². The van der Waals surface area contributed by atoms with Crippen molar-refractivity contribution in [1.29, 1.82) is 0 Å². The first-order valence-corrected chi connectivity index (χ1v) is 7.62. The van der Waals surface area contributed by atoms with E-state index in [1.807, 2.05) is 30.3 Å². The summed E-state index contributed by atoms with van der Waals surface area (Å²) in [5.74, 6) is 0. The number of aliphatic hydroxyl groups is 1. The maximum Gasteiger partial charge on any atom is 0.315 e. The maximum atomic E-state index is 12.0. The molecule has 3 N–H and O–H groups in total. The van der Waals surface area contributed by atoms with Gasteiger partial charge in [-0.2, -0.15) is 0 Å². The number of aliphatic hydroxyl groups excluding tert-OH is 1. The highest BCUT2D eigenvalue weighted by Crippen LogP contribution is 2.34. The number of hydrogen-bond acceptors (Lipinski definition) is 3. The molecular weight excluding hydrogens is 268 g/mol. The van der Waals surface area contributed by atoms with Crippen molar-refractivity contribution >= 4 is 6.03 Å². The Labute approximate surface area is 124 Å². The highest BCUT2D eigenvalue weighted by Gasteiger charge is 2.41. The summed E-state index contributed by atoms with van der Waals surface area (Å²) in [4.78, 5) is 12.0. The normalized spacial score (nSPS) is 28.3. The van der Waals surface area contributed by atoms with E-state index >= 15 is 0 Å². The zero-order valence-corrected chi connectivity index (χ0v) is 12.0. The van der Waals surface area contributed by atoms with Gasteiger partial charge in [-0.3, -0.25) is 0 Å². The minimum absolute atomic E-state index is 0.0739. The number of ether oxygens (including phenoxy) is 1. The second kappa shape index (κ2) is 6.45. The fourth-order valence-corrected chi connectivity index (χ4v) is 3.25. The molecule has 2 amide bonds. The minimum Gasteiger partial charge on any atom is -0.394 e. The van der Waals surface area contributed by atoms with E-state index in [0.717, 1.165) is 24.8 Å². The number of carbonyl (C=O) groups is 1. The molecule has 0 radical (unpaired) electrons. The number of fused-ring (bicyclic) bond motifs is 2. The summed E-state index contributed by atoms with van der Waals surface area (Å²) in [5.41, 5.74) is 1.10. The van der Waals surface area contributed by atoms with Crippen molar-refractivity contribution in [2.24, 2.45) is 0 Å². The number of nitrogens with one attached hydrogen (secondary N) is 2. The van der Waals surface area contributed by atoms with Crippen molar-refractivity contribution in [2.45, 2.75) is 50.0 Å². The predicted molar refractivity (Wildman–Crippen MR) is 79.0 cm³/mol. The molecule has 114 valence electrons. The third kappa shape index (κ3) is 3.54. The Morgan fingerprint density at radius 1 is 1.33 bits per heavy atom. The standard InChI is InChI=1S/C16H22N2O3/c19-10-12(8-11-4-2-1-3-5-11)17-16(20)18-14-9-13-6-7-15(14)21-13/h1-5,12-15,19H,6-10H2,(H2,17,18,20)/t12-,13?,14?,15?/m0/s1. The molecule has 2 bridgehead atoms. The van der Waals surface area contributed by atoms with Gasteiger partial charge in [-0.1, -0.05) is 30.3 Å². The van der Waals surface area contributed by atoms with Crippen molar-refractivity contribution < 1.29 is 14.6 Å². The Balaban J connectivity index is 1.48. The van der Waals surface area contributed by atoms with Crippen LogP contribution >= 0.6 is 0 Å². The maximum absolute atomic E-state index is 12.0. The van der Waals surface area contributed by atoms with E-state index in [0.29, 0.717) is 12.5 Å². The summed E-state index contributed by atoms with van der Waals surface area (Å²) in [7, 11) is 0. The van der Waals surface area contributed by atoms with Crippen LogP contribution in [0, 0.1) is 0 Å². The van der Waals surface area contributed by atoms with E-state index in [2.05, 4.69) is 10.6 Å². The van der Waals surface area contributed by atoms with E-state index in [-0.39, 0.29) is 30.8 Å². The van der Waals surface area contributed by atoms with E-state index in [1.54, 1.807) is 0 Å². The van der Waals surface area contributed by atoms with Crippen LogP contribution in [0.25, 0.3) is 0 Å². The van der Waals surface area contributed by atoms with Crippen LogP contribution in [0.2, 0.25) is 0 Å². The average Bonchev–Trinajstić information content (AvgIpc) is 3.10. The Bertz CT molecular complexity index is 480. The largest absolute Gasteiger partial charge is 0.394 e. The van der Waals surface area contributed by atoms with Crippen molar-refractivity contribution in [1.82, 2.24) is 10.6 Å². The molecule has 2 aliphatic rings. The van der Waals surface area contributed by atoms with Gasteiger partial charge in [-0.15, -0.1) is 0 Å². The molecule has 3 unspecified atom stereocenters. The fourth-order valence-electron chi connectivity index (χ4n) is 3.25. The molecule has 0 aliphatic carbocycles. The molecule has 0 spiro atoms. The predicted octanol–water partition coefficient (Wildman–Crippen LogP) is 1.21. The quantitative estimate of drug-likeness (QED) is 0.763. The van der Waals surface area contributed by atoms with Crippen LogP contribution in [-0.4, -0.2) is 42.0 Å². The number of rotatable bonds is 5. The topological polar surface area (TPSA) is 70.6 Å². The molecule has 1 aromatic carbocycles. The molecule has 2 fully saturated rings. The first kappa shape index (κ1) is 14.4. The molecule has 21 heavy (non-hydrogen) atoms. The number of hydrogen-bond donors (Lipinski definition) is 3. The van der Waals surface area contributed by atoms with E-state index in [9.17, 15) is 9.90 Å². The van der Waals surface area contributed by atoms with Crippen molar-refractivity contribution in [3.63, 3.8) is 0 Å². The number of carbonyl (C=O) groups excluding carboxylic acids is 1. The summed E-state index contributed by atoms with van der Waals surface area (Å²) in [5, 5.41) is 15.3. The fraction of sp³-hybridized carbons (Fsp3) is 0.562. The zero-order chi connectivity index (χ0) is 14.7. The van der Waals surface area contributed by atoms with Crippen LogP contribution in [0.5, 0.6) is 0 Å². The van der Waals surface area contributed by atoms with Crippen molar-refractivity contribution in [3.8, 4) is 0 Å². The Morgan fingerprint density at radius 2 is 2.14 bits per heavy atom. The minimum atomic E-state index is -0.271. The zero-order valence-electron chi connectivity index (χ0n) is 12.0. The van der Waals surface area contributed by atoms with Gasteiger partial charge in [0.25, 0.3) is 0 Å². The van der Waals surface area contributed by atoms with Gasteiger partial charge >= 0.3 is 6.03 Å². The van der Waals surface area contributed by atoms with Crippen LogP contribution in [0.3, 0.4) is 0 Å². The van der Waals surface area contributed by atoms with Crippen LogP contribution < -0.4 is 10.6 Å². The third-order valence-electron chi connectivity index (χ3n) is 4.30. The molecule has 1 aromatic rings. The van der Waals surface area contributed by atoms with Crippen molar-refractivity contribution in [3.05, 3.63) is 35.9 Å². The average molecular weight is 290 g/mol. The van der Waals surface area contributed by atoms with Crippen molar-refractivity contribution in [2.75, 3.05) is 6.61 Å². The molecule has 2 aliphatic heterocycles. The lowest BCUT2D eigenvalue weighted by Gasteiger charge is -2.23. The molecule has 2 heterocycles. The monoisotopic (exact) mass is 290 g/mol. The van der Waals surface area contributed by atoms with Gasteiger partial charge in [0.05, 0.1) is 30.9 Å². The van der Waals surface area contributed by atoms with Crippen LogP contribution in [0.4, 0.5) is 4.79 Å². The van der Waals surface area contributed by atoms with E-state index in [1.165, 1.54) is 0 Å². The van der Waals surface area contributed by atoms with Gasteiger partial charge in [0.1, 0.15) is 0 Å². The van der Waals surface area contributed by atoms with E-state index in [4.69, 9.17) is 4.74 Å². The Kier molecular flexibility index (Phi) is 4.41. The smallest absolute Gasteiger partial charge is 0.315 e. The van der Waals surface area contributed by atoms with Gasteiger partial charge in [-0.05, 0) is 31.2 Å². The lowest BCUT2D eigenvalue weighted by atomic mass is 9.96. The molecule has 0 saturated carbocycles. The molecule has 4 atom stereocenters. The summed E-state index contributed by atoms with van der Waals surface area (Å²) >= 11 is 0. The Morgan fingerprint density at radius 3 is 2.76 bits per heavy atom. The lowest BCUT2D eigenvalue weighted by Crippen LogP contribution is -2.50. The second-order valence-corrected chi connectivity index (χ2v) is 5.90. The number of benzene rings is 1. The Hall–Kier alpha value is -1.59. The third-order valence-corrected chi connectivity index (χ3v) is 4.30. The van der Waals surface area contributed by atoms with Crippen LogP contribution in [-0.2, 0) is 11.2 Å². The van der Waals surface area contributed by atoms with Gasteiger partial charge < -0.3 is 20.5 Å². The first-order valence-electron chi connectivity index (χ1n) is 7.62. The molecule has 2 saturated heterocycles. The first-order chi connectivity index (χ1) is 10.2. The molecule has 5 nitrogen and oxygen atoms in total. The summed E-state index contributed by atoms with van der Waals surface area (Å²) in [6.45, 7) is -0.0739. The van der Waals surface area contributed by atoms with Crippen LogP contribution in [0.1, 0.15) is 24.8 Å². The SMILES string of the molecule is O=C(NC1CC2CCC1O2)N[C@H](CO)Cc1ccccc1. The summed E-state index contributed by atoms with van der Waals surface area (Å²) < 4.78 is 5.72. The number of urea groups is 1. The highest BCUT2D eigenvalue weighted by molar-refractivity contribution is 5.74. The molecule has 5 heteroatoms. The highest BCUT2D eigenvalue weighted by atomic mass is 16.5. The van der Waals surface area contributed by atoms with E-state index < -0.39 is 0 Å². The van der Waals surface area contributed by atoms with Gasteiger partial charge in [0, 0.05) is 0 Å². The van der Waals surface area contributed by atoms with Gasteiger partial charge in [0.2, 0.25) is 0 Å². The number of amides is 2. The summed E-state index contributed by atoms with van der Waals surface area (Å²) in [6.07, 6.45) is 4.15.